The Bertz CT molecular complexity index is 725. The first-order chi connectivity index (χ1) is 9.63. The summed E-state index contributed by atoms with van der Waals surface area (Å²) in [5, 5.41) is 9.60. The van der Waals surface area contributed by atoms with Gasteiger partial charge in [0, 0.05) is 18.1 Å². The van der Waals surface area contributed by atoms with Crippen LogP contribution in [-0.2, 0) is 11.2 Å². The molecule has 0 bridgehead atoms. The van der Waals surface area contributed by atoms with Gasteiger partial charge < -0.3 is 9.84 Å². The van der Waals surface area contributed by atoms with Gasteiger partial charge in [-0.1, -0.05) is 18.2 Å². The third-order valence-electron chi connectivity index (χ3n) is 2.96. The number of rotatable bonds is 1. The van der Waals surface area contributed by atoms with Crippen molar-refractivity contribution in [2.24, 2.45) is 4.99 Å². The Morgan fingerprint density at radius 1 is 1.20 bits per heavy atom. The first-order valence-electron chi connectivity index (χ1n) is 5.99. The first kappa shape index (κ1) is 12.3. The van der Waals surface area contributed by atoms with E-state index in [1.165, 1.54) is 12.1 Å². The quantitative estimate of drug-likeness (QED) is 0.641. The number of hydrogen-bond acceptors (Lipinski definition) is 4. The highest BCUT2D eigenvalue weighted by Gasteiger charge is 2.23. The molecule has 3 rings (SSSR count). The van der Waals surface area contributed by atoms with E-state index in [2.05, 4.69) is 4.99 Å². The average Bonchev–Trinajstić information content (AvgIpc) is 2.42. The zero-order valence-electron chi connectivity index (χ0n) is 10.3. The maximum atomic E-state index is 12.9. The standard InChI is InChI=1S/C15H10FNO3/c16-10-5-6-11(13(18)8-10)17-12-7-9-3-1-2-4-14(9)20-15(12)19/h1-6,8,18H,7H2. The van der Waals surface area contributed by atoms with Gasteiger partial charge in [0.2, 0.25) is 0 Å². The summed E-state index contributed by atoms with van der Waals surface area (Å²) in [5.41, 5.74) is 1.15. The molecule has 4 nitrogen and oxygen atoms in total. The summed E-state index contributed by atoms with van der Waals surface area (Å²) in [4.78, 5) is 15.9. The number of nitrogens with zero attached hydrogens (tertiary/aromatic N) is 1. The molecule has 0 atom stereocenters. The molecule has 0 unspecified atom stereocenters. The van der Waals surface area contributed by atoms with E-state index in [1.807, 2.05) is 12.1 Å². The van der Waals surface area contributed by atoms with E-state index in [0.717, 1.165) is 11.6 Å². The summed E-state index contributed by atoms with van der Waals surface area (Å²) in [6.45, 7) is 0. The van der Waals surface area contributed by atoms with Crippen molar-refractivity contribution in [3.05, 3.63) is 53.8 Å². The van der Waals surface area contributed by atoms with E-state index in [4.69, 9.17) is 4.74 Å². The Morgan fingerprint density at radius 3 is 2.80 bits per heavy atom. The molecular weight excluding hydrogens is 261 g/mol. The largest absolute Gasteiger partial charge is 0.506 e. The molecule has 20 heavy (non-hydrogen) atoms. The highest BCUT2D eigenvalue weighted by Crippen LogP contribution is 2.29. The van der Waals surface area contributed by atoms with Crippen LogP contribution in [-0.4, -0.2) is 16.8 Å². The van der Waals surface area contributed by atoms with Gasteiger partial charge in [0.1, 0.15) is 28.7 Å². The molecule has 0 aromatic heterocycles. The van der Waals surface area contributed by atoms with Crippen LogP contribution >= 0.6 is 0 Å². The van der Waals surface area contributed by atoms with Crippen molar-refractivity contribution in [3.8, 4) is 11.5 Å². The lowest BCUT2D eigenvalue weighted by molar-refractivity contribution is -0.127. The van der Waals surface area contributed by atoms with Gasteiger partial charge in [-0.3, -0.25) is 0 Å². The van der Waals surface area contributed by atoms with E-state index in [9.17, 15) is 14.3 Å². The lowest BCUT2D eigenvalue weighted by Crippen LogP contribution is -2.27. The van der Waals surface area contributed by atoms with Gasteiger partial charge in [-0.15, -0.1) is 0 Å². The van der Waals surface area contributed by atoms with Crippen molar-refractivity contribution in [1.29, 1.82) is 0 Å². The van der Waals surface area contributed by atoms with Crippen LogP contribution in [0.5, 0.6) is 11.5 Å². The number of carbonyl (C=O) groups excluding carboxylic acids is 1. The lowest BCUT2D eigenvalue weighted by atomic mass is 10.0. The molecule has 1 N–H and O–H groups in total. The van der Waals surface area contributed by atoms with E-state index in [1.54, 1.807) is 12.1 Å². The monoisotopic (exact) mass is 271 g/mol. The molecule has 5 heteroatoms. The highest BCUT2D eigenvalue weighted by molar-refractivity contribution is 6.39. The van der Waals surface area contributed by atoms with Crippen molar-refractivity contribution in [2.75, 3.05) is 0 Å². The van der Waals surface area contributed by atoms with Crippen molar-refractivity contribution in [1.82, 2.24) is 0 Å². The van der Waals surface area contributed by atoms with Gasteiger partial charge >= 0.3 is 5.97 Å². The molecule has 0 fully saturated rings. The zero-order valence-corrected chi connectivity index (χ0v) is 10.3. The Kier molecular flexibility index (Phi) is 2.95. The maximum Gasteiger partial charge on any atom is 0.358 e. The first-order valence-corrected chi connectivity index (χ1v) is 5.99. The minimum absolute atomic E-state index is 0.137. The van der Waals surface area contributed by atoms with Crippen molar-refractivity contribution in [3.63, 3.8) is 0 Å². The molecule has 0 spiro atoms. The van der Waals surface area contributed by atoms with Crippen LogP contribution in [0.1, 0.15) is 5.56 Å². The predicted octanol–water partition coefficient (Wildman–Crippen LogP) is 2.77. The number of phenols is 1. The number of esters is 1. The number of fused-ring (bicyclic) bond motifs is 1. The van der Waals surface area contributed by atoms with Crippen molar-refractivity contribution in [2.45, 2.75) is 6.42 Å². The molecule has 0 aliphatic carbocycles. The van der Waals surface area contributed by atoms with Gasteiger partial charge in [-0.05, 0) is 18.2 Å². The van der Waals surface area contributed by atoms with E-state index in [0.29, 0.717) is 12.2 Å². The second kappa shape index (κ2) is 4.77. The topological polar surface area (TPSA) is 58.9 Å². The zero-order chi connectivity index (χ0) is 14.1. The highest BCUT2D eigenvalue weighted by atomic mass is 19.1. The molecule has 2 aromatic rings. The molecule has 1 heterocycles. The minimum Gasteiger partial charge on any atom is -0.506 e. The molecule has 2 aromatic carbocycles. The molecule has 0 saturated carbocycles. The maximum absolute atomic E-state index is 12.9. The van der Waals surface area contributed by atoms with E-state index >= 15 is 0 Å². The minimum atomic E-state index is -0.567. The van der Waals surface area contributed by atoms with Gasteiger partial charge in [0.05, 0.1) is 0 Å². The molecule has 1 aliphatic rings. The molecular formula is C15H10FNO3. The summed E-state index contributed by atoms with van der Waals surface area (Å²) in [5.74, 6) is -0.931. The van der Waals surface area contributed by atoms with Crippen LogP contribution in [0.25, 0.3) is 0 Å². The van der Waals surface area contributed by atoms with Crippen LogP contribution in [0.15, 0.2) is 47.5 Å². The molecule has 100 valence electrons. The average molecular weight is 271 g/mol. The van der Waals surface area contributed by atoms with Gasteiger partial charge in [-0.25, -0.2) is 14.2 Å². The fraction of sp³-hybridized carbons (Fsp3) is 0.0667. The van der Waals surface area contributed by atoms with Crippen LogP contribution in [0, 0.1) is 5.82 Å². The Balaban J connectivity index is 1.98. The second-order valence-corrected chi connectivity index (χ2v) is 4.37. The van der Waals surface area contributed by atoms with Gasteiger partial charge in [-0.2, -0.15) is 0 Å². The van der Waals surface area contributed by atoms with Gasteiger partial charge in [0.15, 0.2) is 0 Å². The lowest BCUT2D eigenvalue weighted by Gasteiger charge is -2.16. The number of ether oxygens (including phenoxy) is 1. The summed E-state index contributed by atoms with van der Waals surface area (Å²) in [6.07, 6.45) is 0.311. The number of halogens is 1. The number of hydrogen-bond donors (Lipinski definition) is 1. The summed E-state index contributed by atoms with van der Waals surface area (Å²) < 4.78 is 18.1. The SMILES string of the molecule is O=C1Oc2ccccc2CC1=Nc1ccc(F)cc1O. The number of carbonyl (C=O) groups is 1. The second-order valence-electron chi connectivity index (χ2n) is 4.37. The summed E-state index contributed by atoms with van der Waals surface area (Å²) >= 11 is 0. The number of aromatic hydroxyl groups is 1. The number of phenolic OH excluding ortho intramolecular Hbond substituents is 1. The van der Waals surface area contributed by atoms with Crippen LogP contribution in [0.4, 0.5) is 10.1 Å². The normalized spacial score (nSPS) is 15.8. The molecule has 0 saturated heterocycles. The van der Waals surface area contributed by atoms with Crippen LogP contribution in [0.2, 0.25) is 0 Å². The number of para-hydroxylation sites is 1. The van der Waals surface area contributed by atoms with E-state index < -0.39 is 11.8 Å². The smallest absolute Gasteiger partial charge is 0.358 e. The van der Waals surface area contributed by atoms with Crippen molar-refractivity contribution < 1.29 is 19.0 Å². The molecule has 0 amide bonds. The number of aliphatic imine (C=N–C) groups is 1. The third-order valence-corrected chi connectivity index (χ3v) is 2.96. The Morgan fingerprint density at radius 2 is 2.00 bits per heavy atom. The number of benzene rings is 2. The van der Waals surface area contributed by atoms with E-state index in [-0.39, 0.29) is 17.1 Å². The Hall–Kier alpha value is -2.69. The third kappa shape index (κ3) is 2.25. The summed E-state index contributed by atoms with van der Waals surface area (Å²) in [7, 11) is 0. The fourth-order valence-corrected chi connectivity index (χ4v) is 1.98. The van der Waals surface area contributed by atoms with Crippen LogP contribution < -0.4 is 4.74 Å². The molecule has 0 radical (unpaired) electrons. The van der Waals surface area contributed by atoms with Crippen LogP contribution in [0.3, 0.4) is 0 Å². The fourth-order valence-electron chi connectivity index (χ4n) is 1.98. The Labute approximate surface area is 114 Å². The molecule has 1 aliphatic heterocycles. The van der Waals surface area contributed by atoms with Gasteiger partial charge in [0.25, 0.3) is 0 Å². The van der Waals surface area contributed by atoms with Crippen molar-refractivity contribution >= 4 is 17.4 Å². The predicted molar refractivity (Wildman–Crippen MR) is 70.9 cm³/mol. The summed E-state index contributed by atoms with van der Waals surface area (Å²) in [6, 6.07) is 10.6.